The number of hydrogen-bond acceptors (Lipinski definition) is 7. The molecule has 0 spiro atoms. The Morgan fingerprint density at radius 3 is 2.86 bits per heavy atom. The molecule has 1 aliphatic rings. The number of anilines is 1. The minimum Gasteiger partial charge on any atom is -0.491 e. The first-order valence-electron chi connectivity index (χ1n) is 9.00. The summed E-state index contributed by atoms with van der Waals surface area (Å²) in [5.74, 6) is 0.351. The number of aromatic nitrogens is 2. The van der Waals surface area contributed by atoms with E-state index in [1.54, 1.807) is 24.5 Å². The fourth-order valence-corrected chi connectivity index (χ4v) is 3.39. The molecule has 1 fully saturated rings. The zero-order valence-electron chi connectivity index (χ0n) is 15.4. The van der Waals surface area contributed by atoms with E-state index in [4.69, 9.17) is 4.74 Å². The summed E-state index contributed by atoms with van der Waals surface area (Å²) in [6.07, 6.45) is 5.13. The maximum absolute atomic E-state index is 12.4. The fraction of sp³-hybridized carbons (Fsp3) is 0.316. The third-order valence-electron chi connectivity index (χ3n) is 3.82. The number of hydrogen-bond donors (Lipinski definition) is 2. The number of nitrogens with one attached hydrogen (secondary N) is 2. The van der Waals surface area contributed by atoms with Crippen LogP contribution >= 0.6 is 11.8 Å². The quantitative estimate of drug-likeness (QED) is 0.661. The summed E-state index contributed by atoms with van der Waals surface area (Å²) < 4.78 is 5.72. The maximum Gasteiger partial charge on any atom is 0.251 e. The molecule has 2 amide bonds. The largest absolute Gasteiger partial charge is 0.491 e. The van der Waals surface area contributed by atoms with Gasteiger partial charge in [-0.15, -0.1) is 0 Å². The zero-order valence-corrected chi connectivity index (χ0v) is 16.2. The van der Waals surface area contributed by atoms with Crippen molar-refractivity contribution in [3.63, 3.8) is 0 Å². The van der Waals surface area contributed by atoms with Crippen LogP contribution in [0.3, 0.4) is 0 Å². The van der Waals surface area contributed by atoms with Crippen LogP contribution in [0, 0.1) is 0 Å². The maximum atomic E-state index is 12.4. The summed E-state index contributed by atoms with van der Waals surface area (Å²) >= 11 is 1.19. The van der Waals surface area contributed by atoms with Gasteiger partial charge in [0.05, 0.1) is 12.3 Å². The van der Waals surface area contributed by atoms with Crippen molar-refractivity contribution >= 4 is 40.4 Å². The molecule has 1 saturated heterocycles. The number of ether oxygens (including phenoxy) is 1. The van der Waals surface area contributed by atoms with Gasteiger partial charge in [0.2, 0.25) is 11.8 Å². The average molecular weight is 399 g/mol. The molecule has 2 heterocycles. The van der Waals surface area contributed by atoms with Gasteiger partial charge in [-0.25, -0.2) is 9.97 Å². The highest BCUT2D eigenvalue weighted by Crippen LogP contribution is 2.27. The first kappa shape index (κ1) is 19.8. The van der Waals surface area contributed by atoms with Gasteiger partial charge < -0.3 is 15.4 Å². The molecular weight excluding hydrogens is 378 g/mol. The predicted molar refractivity (Wildman–Crippen MR) is 109 cm³/mol. The number of amidine groups is 1. The Hall–Kier alpha value is -2.94. The number of carbonyl (C=O) groups excluding carboxylic acids is 2. The molecule has 1 atom stereocenters. The summed E-state index contributed by atoms with van der Waals surface area (Å²) in [5.41, 5.74) is 0.596. The number of carbonyl (C=O) groups is 2. The molecule has 0 aliphatic carbocycles. The van der Waals surface area contributed by atoms with E-state index in [0.717, 1.165) is 12.8 Å². The van der Waals surface area contributed by atoms with Gasteiger partial charge in [-0.05, 0) is 24.6 Å². The minimum absolute atomic E-state index is 0.0223. The van der Waals surface area contributed by atoms with Crippen LogP contribution in [0.1, 0.15) is 26.2 Å². The van der Waals surface area contributed by atoms with Crippen LogP contribution in [0.4, 0.5) is 11.6 Å². The van der Waals surface area contributed by atoms with Gasteiger partial charge in [0.1, 0.15) is 11.0 Å². The lowest BCUT2D eigenvalue weighted by Gasteiger charge is -2.13. The van der Waals surface area contributed by atoms with Crippen LogP contribution in [0.5, 0.6) is 5.75 Å². The van der Waals surface area contributed by atoms with Crippen molar-refractivity contribution in [3.05, 3.63) is 42.7 Å². The van der Waals surface area contributed by atoms with Gasteiger partial charge in [-0.3, -0.25) is 9.59 Å². The molecular formula is C19H21N5O3S. The number of para-hydroxylation sites is 2. The molecule has 2 N–H and O–H groups in total. The van der Waals surface area contributed by atoms with E-state index in [0.29, 0.717) is 23.2 Å². The van der Waals surface area contributed by atoms with E-state index in [1.165, 1.54) is 11.8 Å². The molecule has 146 valence electrons. The predicted octanol–water partition coefficient (Wildman–Crippen LogP) is 2.90. The highest BCUT2D eigenvalue weighted by Gasteiger charge is 2.32. The van der Waals surface area contributed by atoms with E-state index < -0.39 is 5.25 Å². The monoisotopic (exact) mass is 399 g/mol. The molecule has 28 heavy (non-hydrogen) atoms. The Morgan fingerprint density at radius 2 is 2.07 bits per heavy atom. The smallest absolute Gasteiger partial charge is 0.251 e. The SMILES string of the molecule is CCCCOc1ccccc1NC(=O)CC1S/C(=N\c2ncccn2)NC1=O. The molecule has 0 saturated carbocycles. The van der Waals surface area contributed by atoms with Gasteiger partial charge in [-0.1, -0.05) is 37.2 Å². The molecule has 1 aromatic heterocycles. The van der Waals surface area contributed by atoms with Crippen LogP contribution < -0.4 is 15.4 Å². The number of nitrogens with zero attached hydrogens (tertiary/aromatic N) is 3. The summed E-state index contributed by atoms with van der Waals surface area (Å²) in [4.78, 5) is 36.7. The van der Waals surface area contributed by atoms with Crippen molar-refractivity contribution in [1.82, 2.24) is 15.3 Å². The number of rotatable bonds is 8. The molecule has 1 aliphatic heterocycles. The molecule has 8 nitrogen and oxygen atoms in total. The lowest BCUT2D eigenvalue weighted by molar-refractivity contribution is -0.122. The van der Waals surface area contributed by atoms with Crippen LogP contribution in [0.2, 0.25) is 0 Å². The third kappa shape index (κ3) is 5.53. The molecule has 1 unspecified atom stereocenters. The van der Waals surface area contributed by atoms with Crippen LogP contribution in [0.15, 0.2) is 47.7 Å². The van der Waals surface area contributed by atoms with Crippen molar-refractivity contribution in [3.8, 4) is 5.75 Å². The van der Waals surface area contributed by atoms with E-state index in [-0.39, 0.29) is 24.2 Å². The summed E-state index contributed by atoms with van der Waals surface area (Å²) in [7, 11) is 0. The summed E-state index contributed by atoms with van der Waals surface area (Å²) in [5, 5.41) is 5.31. The second kappa shape index (κ2) is 9.84. The van der Waals surface area contributed by atoms with Crippen molar-refractivity contribution in [2.45, 2.75) is 31.4 Å². The second-order valence-corrected chi connectivity index (χ2v) is 7.20. The number of thioether (sulfide) groups is 1. The molecule has 0 radical (unpaired) electrons. The second-order valence-electron chi connectivity index (χ2n) is 6.01. The highest BCUT2D eigenvalue weighted by atomic mass is 32.2. The average Bonchev–Trinajstić information content (AvgIpc) is 3.02. The van der Waals surface area contributed by atoms with Crippen LogP contribution in [-0.2, 0) is 9.59 Å². The fourth-order valence-electron chi connectivity index (χ4n) is 2.42. The molecule has 0 bridgehead atoms. The summed E-state index contributed by atoms with van der Waals surface area (Å²) in [6.45, 7) is 2.68. The van der Waals surface area contributed by atoms with Gasteiger partial charge in [-0.2, -0.15) is 4.99 Å². The van der Waals surface area contributed by atoms with E-state index in [2.05, 4.69) is 32.5 Å². The Kier molecular flexibility index (Phi) is 6.96. The summed E-state index contributed by atoms with van der Waals surface area (Å²) in [6, 6.07) is 8.95. The van der Waals surface area contributed by atoms with Crippen molar-refractivity contribution in [2.75, 3.05) is 11.9 Å². The number of amides is 2. The first-order chi connectivity index (χ1) is 13.7. The van der Waals surface area contributed by atoms with E-state index in [1.807, 2.05) is 18.2 Å². The van der Waals surface area contributed by atoms with Gasteiger partial charge >= 0.3 is 0 Å². The molecule has 1 aromatic carbocycles. The van der Waals surface area contributed by atoms with Gasteiger partial charge in [0.25, 0.3) is 5.95 Å². The minimum atomic E-state index is -0.560. The number of benzene rings is 1. The Bertz CT molecular complexity index is 860. The topological polar surface area (TPSA) is 106 Å². The molecule has 9 heteroatoms. The van der Waals surface area contributed by atoms with Crippen LogP contribution in [-0.4, -0.2) is 38.8 Å². The Labute approximate surface area is 167 Å². The van der Waals surface area contributed by atoms with Crippen molar-refractivity contribution < 1.29 is 14.3 Å². The number of unbranched alkanes of at least 4 members (excludes halogenated alkanes) is 1. The highest BCUT2D eigenvalue weighted by molar-refractivity contribution is 8.15. The molecule has 3 rings (SSSR count). The zero-order chi connectivity index (χ0) is 19.8. The van der Waals surface area contributed by atoms with Crippen molar-refractivity contribution in [2.24, 2.45) is 4.99 Å². The number of aliphatic imine (C=N–C) groups is 1. The first-order valence-corrected chi connectivity index (χ1v) is 9.88. The lowest BCUT2D eigenvalue weighted by atomic mass is 10.2. The third-order valence-corrected chi connectivity index (χ3v) is 4.90. The van der Waals surface area contributed by atoms with Crippen LogP contribution in [0.25, 0.3) is 0 Å². The Balaban J connectivity index is 1.58. The normalized spacial score (nSPS) is 17.4. The lowest BCUT2D eigenvalue weighted by Crippen LogP contribution is -2.28. The standard InChI is InChI=1S/C19H21N5O3S/c1-2-3-11-27-14-8-5-4-7-13(14)22-16(25)12-15-17(26)23-19(28-15)24-18-20-9-6-10-21-18/h4-10,15H,2-3,11-12H2,1H3,(H,22,25)(H,20,21,23,24,26). The van der Waals surface area contributed by atoms with Gasteiger partial charge in [0, 0.05) is 18.8 Å². The van der Waals surface area contributed by atoms with E-state index >= 15 is 0 Å². The molecule has 2 aromatic rings. The van der Waals surface area contributed by atoms with E-state index in [9.17, 15) is 9.59 Å². The van der Waals surface area contributed by atoms with Gasteiger partial charge in [0.15, 0.2) is 5.17 Å². The van der Waals surface area contributed by atoms with Crippen molar-refractivity contribution in [1.29, 1.82) is 0 Å². The Morgan fingerprint density at radius 1 is 1.29 bits per heavy atom.